The monoisotopic (exact) mass is 392 g/mol. The lowest BCUT2D eigenvalue weighted by Gasteiger charge is -2.30. The van der Waals surface area contributed by atoms with Gasteiger partial charge in [-0.25, -0.2) is 4.79 Å². The van der Waals surface area contributed by atoms with E-state index >= 15 is 0 Å². The van der Waals surface area contributed by atoms with E-state index in [1.54, 1.807) is 4.90 Å². The number of hydrogen-bond donors (Lipinski definition) is 2. The van der Waals surface area contributed by atoms with Gasteiger partial charge in [-0.1, -0.05) is 30.3 Å². The third-order valence-electron chi connectivity index (χ3n) is 4.81. The maximum absolute atomic E-state index is 12.9. The Kier molecular flexibility index (Phi) is 4.74. The lowest BCUT2D eigenvalue weighted by molar-refractivity contribution is 0.0222. The second-order valence-corrected chi connectivity index (χ2v) is 8.20. The van der Waals surface area contributed by atoms with Crippen LogP contribution in [-0.4, -0.2) is 39.2 Å². The summed E-state index contributed by atoms with van der Waals surface area (Å²) in [6, 6.07) is 13.7. The van der Waals surface area contributed by atoms with Crippen molar-refractivity contribution in [3.8, 4) is 0 Å². The molecule has 4 rings (SSSR count). The van der Waals surface area contributed by atoms with Crippen molar-refractivity contribution in [2.45, 2.75) is 39.3 Å². The third-order valence-corrected chi connectivity index (χ3v) is 4.81. The van der Waals surface area contributed by atoms with Crippen LogP contribution in [-0.2, 0) is 17.7 Å². The van der Waals surface area contributed by atoms with Gasteiger partial charge in [0.05, 0.1) is 6.54 Å². The number of aromatic nitrogens is 2. The Morgan fingerprint density at radius 3 is 2.66 bits per heavy atom. The third kappa shape index (κ3) is 4.08. The summed E-state index contributed by atoms with van der Waals surface area (Å²) in [5, 5.41) is 12.2. The summed E-state index contributed by atoms with van der Waals surface area (Å²) in [6.07, 6.45) is 0.218. The Morgan fingerprint density at radius 2 is 1.90 bits per heavy atom. The van der Waals surface area contributed by atoms with Crippen LogP contribution in [0, 0.1) is 0 Å². The van der Waals surface area contributed by atoms with Gasteiger partial charge >= 0.3 is 6.09 Å². The van der Waals surface area contributed by atoms with Gasteiger partial charge in [0, 0.05) is 29.9 Å². The molecule has 0 aliphatic carbocycles. The van der Waals surface area contributed by atoms with E-state index in [0.29, 0.717) is 30.9 Å². The van der Waals surface area contributed by atoms with Gasteiger partial charge in [0.1, 0.15) is 5.60 Å². The van der Waals surface area contributed by atoms with Crippen LogP contribution in [0.5, 0.6) is 0 Å². The Hall–Kier alpha value is -3.35. The highest BCUT2D eigenvalue weighted by Crippen LogP contribution is 2.24. The topological polar surface area (TPSA) is 87.3 Å². The molecule has 0 saturated carbocycles. The summed E-state index contributed by atoms with van der Waals surface area (Å²) in [7, 11) is 0. The fourth-order valence-electron chi connectivity index (χ4n) is 3.42. The first-order valence-electron chi connectivity index (χ1n) is 9.64. The molecule has 2 heterocycles. The fourth-order valence-corrected chi connectivity index (χ4v) is 3.42. The molecule has 29 heavy (non-hydrogen) atoms. The van der Waals surface area contributed by atoms with Crippen LogP contribution < -0.4 is 5.32 Å². The molecule has 0 fully saturated rings. The molecule has 0 spiro atoms. The standard InChI is InChI=1S/C22H24N4O3/c1-22(2,3)29-21(28)26-11-10-18-17(13-26)19(25-24-18)20(27)23-16-9-8-14-6-4-5-7-15(14)12-16/h4-9,12H,10-11,13H2,1-3H3,(H,23,27)(H,24,25). The van der Waals surface area contributed by atoms with Crippen LogP contribution in [0.3, 0.4) is 0 Å². The van der Waals surface area contributed by atoms with Crippen LogP contribution >= 0.6 is 0 Å². The predicted molar refractivity (Wildman–Crippen MR) is 111 cm³/mol. The van der Waals surface area contributed by atoms with Gasteiger partial charge in [-0.15, -0.1) is 0 Å². The summed E-state index contributed by atoms with van der Waals surface area (Å²) < 4.78 is 5.46. The number of carbonyl (C=O) groups excluding carboxylic acids is 2. The zero-order valence-electron chi connectivity index (χ0n) is 16.8. The van der Waals surface area contributed by atoms with Crippen molar-refractivity contribution in [1.82, 2.24) is 15.1 Å². The molecule has 7 heteroatoms. The molecule has 7 nitrogen and oxygen atoms in total. The molecule has 150 valence electrons. The van der Waals surface area contributed by atoms with Gasteiger partial charge in [0.25, 0.3) is 5.91 Å². The SMILES string of the molecule is CC(C)(C)OC(=O)N1CCc2[nH]nc(C(=O)Nc3ccc4ccccc4c3)c2C1. The van der Waals surface area contributed by atoms with Gasteiger partial charge < -0.3 is 15.0 Å². The van der Waals surface area contributed by atoms with E-state index in [9.17, 15) is 9.59 Å². The van der Waals surface area contributed by atoms with E-state index in [1.165, 1.54) is 0 Å². The summed E-state index contributed by atoms with van der Waals surface area (Å²) in [5.74, 6) is -0.302. The summed E-state index contributed by atoms with van der Waals surface area (Å²) in [5.41, 5.74) is 2.06. The first-order chi connectivity index (χ1) is 13.8. The molecular weight excluding hydrogens is 368 g/mol. The minimum absolute atomic E-state index is 0.293. The number of nitrogens with zero attached hydrogens (tertiary/aromatic N) is 2. The average molecular weight is 392 g/mol. The smallest absolute Gasteiger partial charge is 0.410 e. The number of carbonyl (C=O) groups is 2. The van der Waals surface area contributed by atoms with E-state index in [1.807, 2.05) is 63.2 Å². The Balaban J connectivity index is 1.52. The van der Waals surface area contributed by atoms with E-state index in [0.717, 1.165) is 22.0 Å². The lowest BCUT2D eigenvalue weighted by Crippen LogP contribution is -2.40. The quantitative estimate of drug-likeness (QED) is 0.687. The van der Waals surface area contributed by atoms with Crippen LogP contribution in [0.4, 0.5) is 10.5 Å². The number of benzene rings is 2. The predicted octanol–water partition coefficient (Wildman–Crippen LogP) is 4.11. The number of amides is 2. The summed E-state index contributed by atoms with van der Waals surface area (Å²) in [4.78, 5) is 26.9. The number of fused-ring (bicyclic) bond motifs is 2. The first kappa shape index (κ1) is 19.0. The molecule has 0 atom stereocenters. The van der Waals surface area contributed by atoms with E-state index in [4.69, 9.17) is 4.74 Å². The molecule has 1 aliphatic heterocycles. The first-order valence-corrected chi connectivity index (χ1v) is 9.64. The Bertz CT molecular complexity index is 1080. The Morgan fingerprint density at radius 1 is 1.14 bits per heavy atom. The van der Waals surface area contributed by atoms with Crippen LogP contribution in [0.1, 0.15) is 42.5 Å². The molecule has 1 aromatic heterocycles. The van der Waals surface area contributed by atoms with Crippen LogP contribution in [0.25, 0.3) is 10.8 Å². The summed E-state index contributed by atoms with van der Waals surface area (Å²) >= 11 is 0. The van der Waals surface area contributed by atoms with E-state index < -0.39 is 5.60 Å². The highest BCUT2D eigenvalue weighted by atomic mass is 16.6. The number of hydrogen-bond acceptors (Lipinski definition) is 4. The molecule has 0 unspecified atom stereocenters. The molecule has 0 bridgehead atoms. The number of ether oxygens (including phenoxy) is 1. The van der Waals surface area contributed by atoms with Gasteiger partial charge in [0.2, 0.25) is 0 Å². The molecule has 1 aliphatic rings. The van der Waals surface area contributed by atoms with Crippen molar-refractivity contribution < 1.29 is 14.3 Å². The van der Waals surface area contributed by atoms with Crippen molar-refractivity contribution in [2.24, 2.45) is 0 Å². The van der Waals surface area contributed by atoms with Crippen molar-refractivity contribution >= 4 is 28.5 Å². The highest BCUT2D eigenvalue weighted by Gasteiger charge is 2.30. The van der Waals surface area contributed by atoms with Crippen LogP contribution in [0.15, 0.2) is 42.5 Å². The van der Waals surface area contributed by atoms with Crippen molar-refractivity contribution in [1.29, 1.82) is 0 Å². The molecule has 2 amide bonds. The zero-order valence-corrected chi connectivity index (χ0v) is 16.8. The molecule has 0 saturated heterocycles. The fraction of sp³-hybridized carbons (Fsp3) is 0.318. The van der Waals surface area contributed by atoms with Gasteiger partial charge in [-0.3, -0.25) is 9.89 Å². The minimum Gasteiger partial charge on any atom is -0.444 e. The van der Waals surface area contributed by atoms with Gasteiger partial charge in [0.15, 0.2) is 5.69 Å². The van der Waals surface area contributed by atoms with E-state index in [2.05, 4.69) is 15.5 Å². The maximum Gasteiger partial charge on any atom is 0.410 e. The largest absolute Gasteiger partial charge is 0.444 e. The molecular formula is C22H24N4O3. The molecule has 0 radical (unpaired) electrons. The summed E-state index contributed by atoms with van der Waals surface area (Å²) in [6.45, 7) is 6.32. The molecule has 2 N–H and O–H groups in total. The normalized spacial score (nSPS) is 13.8. The molecule has 3 aromatic rings. The second-order valence-electron chi connectivity index (χ2n) is 8.20. The van der Waals surface area contributed by atoms with Crippen LogP contribution in [0.2, 0.25) is 0 Å². The highest BCUT2D eigenvalue weighted by molar-refractivity contribution is 6.05. The molecule has 2 aromatic carbocycles. The van der Waals surface area contributed by atoms with Gasteiger partial charge in [-0.2, -0.15) is 5.10 Å². The van der Waals surface area contributed by atoms with Crippen molar-refractivity contribution in [3.05, 3.63) is 59.4 Å². The van der Waals surface area contributed by atoms with Gasteiger partial charge in [-0.05, 0) is 43.7 Å². The van der Waals surface area contributed by atoms with Crippen molar-refractivity contribution in [2.75, 3.05) is 11.9 Å². The number of H-pyrrole nitrogens is 1. The number of rotatable bonds is 2. The van der Waals surface area contributed by atoms with Crippen molar-refractivity contribution in [3.63, 3.8) is 0 Å². The number of anilines is 1. The van der Waals surface area contributed by atoms with E-state index in [-0.39, 0.29) is 12.0 Å². The Labute approximate surface area is 169 Å². The lowest BCUT2D eigenvalue weighted by atomic mass is 10.1. The zero-order chi connectivity index (χ0) is 20.6. The maximum atomic E-state index is 12.9. The average Bonchev–Trinajstić information content (AvgIpc) is 3.10. The number of nitrogens with one attached hydrogen (secondary N) is 2. The minimum atomic E-state index is -0.565. The number of aromatic amines is 1. The second kappa shape index (κ2) is 7.24.